The summed E-state index contributed by atoms with van der Waals surface area (Å²) in [5.41, 5.74) is 0. The van der Waals surface area contributed by atoms with Crippen molar-refractivity contribution in [2.75, 3.05) is 80.4 Å². The molecule has 0 amide bonds. The molecule has 4 aliphatic rings. The van der Waals surface area contributed by atoms with Crippen molar-refractivity contribution in [2.24, 2.45) is 11.8 Å². The lowest BCUT2D eigenvalue weighted by Crippen LogP contribution is -2.49. The number of methoxy groups -OCH3 is 3. The van der Waals surface area contributed by atoms with Crippen LogP contribution < -0.4 is 5.32 Å². The van der Waals surface area contributed by atoms with Crippen LogP contribution in [0.2, 0.25) is 0 Å². The fraction of sp³-hybridized carbons (Fsp3) is 0.933. The number of nitrogens with one attached hydrogen (secondary N) is 1. The van der Waals surface area contributed by atoms with Crippen LogP contribution in [0, 0.1) is 11.8 Å². The second-order valence-electron chi connectivity index (χ2n) is 12.0. The largest absolute Gasteiger partial charge is 0.465 e. The van der Waals surface area contributed by atoms with Crippen molar-refractivity contribution in [3.8, 4) is 0 Å². The first-order chi connectivity index (χ1) is 20.0. The lowest BCUT2D eigenvalue weighted by Gasteiger charge is -2.39. The second-order valence-corrected chi connectivity index (χ2v) is 12.0. The van der Waals surface area contributed by atoms with Gasteiger partial charge in [0.25, 0.3) is 0 Å². The third-order valence-electron chi connectivity index (χ3n) is 9.26. The van der Waals surface area contributed by atoms with Crippen LogP contribution in [0.5, 0.6) is 0 Å². The molecular weight excluding hydrogens is 530 g/mol. The maximum Gasteiger partial charge on any atom is 0.310 e. The van der Waals surface area contributed by atoms with Gasteiger partial charge in [0.2, 0.25) is 0 Å². The first-order valence-corrected chi connectivity index (χ1v) is 15.8. The van der Waals surface area contributed by atoms with Gasteiger partial charge in [-0.15, -0.1) is 0 Å². The minimum Gasteiger partial charge on any atom is -0.465 e. The molecule has 236 valence electrons. The Labute approximate surface area is 245 Å². The Morgan fingerprint density at radius 1 is 0.829 bits per heavy atom. The highest BCUT2D eigenvalue weighted by molar-refractivity contribution is 5.73. The molecule has 4 fully saturated rings. The van der Waals surface area contributed by atoms with Crippen molar-refractivity contribution in [1.82, 2.24) is 15.1 Å². The average molecular weight is 584 g/mol. The third kappa shape index (κ3) is 9.84. The minimum absolute atomic E-state index is 0.00843. The predicted octanol–water partition coefficient (Wildman–Crippen LogP) is 1.82. The number of carbonyl (C=O) groups excluding carboxylic acids is 2. The van der Waals surface area contributed by atoms with Crippen molar-refractivity contribution in [3.05, 3.63) is 0 Å². The van der Waals surface area contributed by atoms with Gasteiger partial charge >= 0.3 is 11.9 Å². The molecule has 11 heteroatoms. The molecule has 11 nitrogen and oxygen atoms in total. The van der Waals surface area contributed by atoms with Crippen molar-refractivity contribution in [2.45, 2.75) is 88.4 Å². The van der Waals surface area contributed by atoms with E-state index in [0.717, 1.165) is 84.2 Å². The summed E-state index contributed by atoms with van der Waals surface area (Å²) in [6.45, 7) is 7.43. The van der Waals surface area contributed by atoms with Crippen molar-refractivity contribution < 1.29 is 38.0 Å². The molecule has 9 atom stereocenters. The van der Waals surface area contributed by atoms with E-state index in [1.165, 1.54) is 0 Å². The Morgan fingerprint density at radius 3 is 2.32 bits per heavy atom. The molecule has 1 N–H and O–H groups in total. The number of carbonyl (C=O) groups is 2. The van der Waals surface area contributed by atoms with Crippen LogP contribution in [0.3, 0.4) is 0 Å². The molecule has 3 saturated heterocycles. The number of fused-ring (bicyclic) bond motifs is 5. The van der Waals surface area contributed by atoms with Crippen LogP contribution in [-0.4, -0.2) is 133 Å². The van der Waals surface area contributed by atoms with Crippen LogP contribution >= 0.6 is 0 Å². The Kier molecular flexibility index (Phi) is 13.6. The zero-order chi connectivity index (χ0) is 29.0. The van der Waals surface area contributed by atoms with Gasteiger partial charge in [0.1, 0.15) is 18.4 Å². The third-order valence-corrected chi connectivity index (χ3v) is 9.26. The van der Waals surface area contributed by atoms with Gasteiger partial charge in [0.15, 0.2) is 0 Å². The predicted molar refractivity (Wildman–Crippen MR) is 152 cm³/mol. The van der Waals surface area contributed by atoms with Gasteiger partial charge < -0.3 is 38.2 Å². The molecule has 0 spiro atoms. The van der Waals surface area contributed by atoms with Crippen LogP contribution in [0.4, 0.5) is 0 Å². The van der Waals surface area contributed by atoms with E-state index in [-0.39, 0.29) is 54.4 Å². The number of cyclic esters (lactones) is 1. The highest BCUT2D eigenvalue weighted by Crippen LogP contribution is 2.32. The number of hydrogen-bond acceptors (Lipinski definition) is 11. The molecule has 4 bridgehead atoms. The van der Waals surface area contributed by atoms with Gasteiger partial charge in [-0.1, -0.05) is 0 Å². The fourth-order valence-corrected chi connectivity index (χ4v) is 6.73. The maximum atomic E-state index is 13.1. The number of hydrogen-bond donors (Lipinski definition) is 1. The highest BCUT2D eigenvalue weighted by atomic mass is 16.6. The van der Waals surface area contributed by atoms with Crippen molar-refractivity contribution >= 4 is 11.9 Å². The number of esters is 2. The van der Waals surface area contributed by atoms with Crippen LogP contribution in [0.25, 0.3) is 0 Å². The Bertz CT molecular complexity index is 796. The molecule has 1 aliphatic carbocycles. The van der Waals surface area contributed by atoms with Gasteiger partial charge in [-0.05, 0) is 70.9 Å². The van der Waals surface area contributed by atoms with E-state index in [1.54, 1.807) is 21.3 Å². The topological polar surface area (TPSA) is 108 Å². The molecule has 0 aromatic heterocycles. The normalized spacial score (nSPS) is 38.5. The molecule has 41 heavy (non-hydrogen) atoms. The average Bonchev–Trinajstić information content (AvgIpc) is 3.24. The van der Waals surface area contributed by atoms with Gasteiger partial charge in [-0.25, -0.2) is 0 Å². The monoisotopic (exact) mass is 583 g/mol. The zero-order valence-electron chi connectivity index (χ0n) is 25.4. The SMILES string of the molecule is COC1CCC(C(=O)OC2CCCOC3CC(CC(OC)C3OC)C(=O)OCCCN3CCCN(CC2)CC3)CN1. The van der Waals surface area contributed by atoms with E-state index in [2.05, 4.69) is 15.1 Å². The maximum absolute atomic E-state index is 13.1. The van der Waals surface area contributed by atoms with Crippen molar-refractivity contribution in [1.29, 1.82) is 0 Å². The fourth-order valence-electron chi connectivity index (χ4n) is 6.73. The summed E-state index contributed by atoms with van der Waals surface area (Å²) in [4.78, 5) is 31.1. The first kappa shape index (κ1) is 32.6. The number of piperidine rings is 1. The lowest BCUT2D eigenvalue weighted by atomic mass is 9.83. The Balaban J connectivity index is 1.40. The van der Waals surface area contributed by atoms with Gasteiger partial charge in [0, 0.05) is 60.7 Å². The minimum atomic E-state index is -0.277. The van der Waals surface area contributed by atoms with E-state index < -0.39 is 0 Å². The van der Waals surface area contributed by atoms with E-state index >= 15 is 0 Å². The van der Waals surface area contributed by atoms with Crippen molar-refractivity contribution in [3.63, 3.8) is 0 Å². The molecular formula is C30H53N3O8. The number of nitrogens with zero attached hydrogens (tertiary/aromatic N) is 2. The molecule has 3 aliphatic heterocycles. The number of ether oxygens (including phenoxy) is 6. The molecule has 1 saturated carbocycles. The quantitative estimate of drug-likeness (QED) is 0.479. The molecule has 0 radical (unpaired) electrons. The summed E-state index contributed by atoms with van der Waals surface area (Å²) in [7, 11) is 5.01. The summed E-state index contributed by atoms with van der Waals surface area (Å²) >= 11 is 0. The Morgan fingerprint density at radius 2 is 1.61 bits per heavy atom. The molecule has 4 rings (SSSR count). The van der Waals surface area contributed by atoms with Gasteiger partial charge in [0.05, 0.1) is 30.7 Å². The summed E-state index contributed by atoms with van der Waals surface area (Å²) in [6, 6.07) is 0. The molecule has 0 aromatic rings. The van der Waals surface area contributed by atoms with E-state index in [9.17, 15) is 9.59 Å². The van der Waals surface area contributed by atoms with E-state index in [1.807, 2.05) is 0 Å². The van der Waals surface area contributed by atoms with Gasteiger partial charge in [-0.2, -0.15) is 0 Å². The van der Waals surface area contributed by atoms with E-state index in [4.69, 9.17) is 28.4 Å². The first-order valence-electron chi connectivity index (χ1n) is 15.8. The lowest BCUT2D eigenvalue weighted by molar-refractivity contribution is -0.172. The van der Waals surface area contributed by atoms with Gasteiger partial charge in [-0.3, -0.25) is 14.9 Å². The van der Waals surface area contributed by atoms with E-state index in [0.29, 0.717) is 32.6 Å². The highest BCUT2D eigenvalue weighted by Gasteiger charge is 2.42. The zero-order valence-corrected chi connectivity index (χ0v) is 25.4. The Hall–Kier alpha value is -1.34. The second kappa shape index (κ2) is 17.1. The summed E-state index contributed by atoms with van der Waals surface area (Å²) < 4.78 is 35.1. The molecule has 0 aromatic carbocycles. The smallest absolute Gasteiger partial charge is 0.310 e. The standard InChI is InChI=1S/C30H53N3O8/c1-36-25-19-23-20-26(28(25)38-3)39-17-4-7-24(41-30(35)22-8-9-27(37-2)31-21-22)10-14-33-12-5-11-32(15-16-33)13-6-18-40-29(23)34/h22-28,31H,4-21H2,1-3H3. The number of rotatable bonds is 5. The van der Waals surface area contributed by atoms with Crippen LogP contribution in [-0.2, 0) is 38.0 Å². The molecule has 9 unspecified atom stereocenters. The van der Waals surface area contributed by atoms with Crippen LogP contribution in [0.15, 0.2) is 0 Å². The van der Waals surface area contributed by atoms with Crippen LogP contribution in [0.1, 0.15) is 57.8 Å². The summed E-state index contributed by atoms with van der Waals surface area (Å²) in [5, 5.41) is 3.29. The molecule has 3 heterocycles. The summed E-state index contributed by atoms with van der Waals surface area (Å²) in [5.74, 6) is -0.708. The summed E-state index contributed by atoms with van der Waals surface area (Å²) in [6.07, 6.45) is 6.01.